The fourth-order valence-corrected chi connectivity index (χ4v) is 4.92. The molecule has 1 saturated heterocycles. The lowest BCUT2D eigenvalue weighted by Gasteiger charge is -2.25. The molecule has 0 bridgehead atoms. The van der Waals surface area contributed by atoms with Crippen LogP contribution in [0.15, 0.2) is 53.4 Å². The molecule has 8 heteroatoms. The van der Waals surface area contributed by atoms with Crippen LogP contribution in [0.2, 0.25) is 5.02 Å². The average molecular weight is 451 g/mol. The molecule has 0 aromatic heterocycles. The summed E-state index contributed by atoms with van der Waals surface area (Å²) in [5.74, 6) is -0.355. The molecular weight excluding hydrogens is 424 g/mol. The number of benzene rings is 2. The van der Waals surface area contributed by atoms with E-state index in [2.05, 4.69) is 10.0 Å². The van der Waals surface area contributed by atoms with Crippen LogP contribution in [0.5, 0.6) is 0 Å². The van der Waals surface area contributed by atoms with E-state index in [1.54, 1.807) is 0 Å². The summed E-state index contributed by atoms with van der Waals surface area (Å²) >= 11 is 6.13. The maximum atomic E-state index is 12.7. The molecule has 2 aromatic carbocycles. The van der Waals surface area contributed by atoms with Gasteiger partial charge < -0.3 is 10.1 Å². The Morgan fingerprint density at radius 1 is 1.20 bits per heavy atom. The van der Waals surface area contributed by atoms with Crippen LogP contribution in [-0.2, 0) is 20.2 Å². The fourth-order valence-electron chi connectivity index (χ4n) is 3.33. The third kappa shape index (κ3) is 5.60. The highest BCUT2D eigenvalue weighted by Gasteiger charge is 2.25. The van der Waals surface area contributed by atoms with Crippen molar-refractivity contribution in [3.63, 3.8) is 0 Å². The molecule has 1 aliphatic heterocycles. The van der Waals surface area contributed by atoms with E-state index in [-0.39, 0.29) is 39.5 Å². The Morgan fingerprint density at radius 2 is 1.93 bits per heavy atom. The summed E-state index contributed by atoms with van der Waals surface area (Å²) in [5, 5.41) is 2.96. The van der Waals surface area contributed by atoms with Crippen molar-refractivity contribution in [3.8, 4) is 0 Å². The van der Waals surface area contributed by atoms with Gasteiger partial charge in [-0.15, -0.1) is 0 Å². The molecule has 0 aliphatic carbocycles. The smallest absolute Gasteiger partial charge is 0.251 e. The molecule has 3 rings (SSSR count). The second-order valence-corrected chi connectivity index (χ2v) is 10.2. The molecule has 2 N–H and O–H groups in total. The van der Waals surface area contributed by atoms with Crippen molar-refractivity contribution in [1.82, 2.24) is 10.0 Å². The molecule has 1 amide bonds. The van der Waals surface area contributed by atoms with Gasteiger partial charge >= 0.3 is 0 Å². The van der Waals surface area contributed by atoms with Crippen molar-refractivity contribution in [2.24, 2.45) is 0 Å². The second-order valence-electron chi connectivity index (χ2n) is 8.06. The second kappa shape index (κ2) is 9.47. The Bertz CT molecular complexity index is 987. The van der Waals surface area contributed by atoms with Crippen LogP contribution in [0.1, 0.15) is 42.6 Å². The van der Waals surface area contributed by atoms with Crippen molar-refractivity contribution in [2.75, 3.05) is 19.7 Å². The number of carbonyl (C=O) groups is 1. The van der Waals surface area contributed by atoms with Crippen LogP contribution in [0, 0.1) is 0 Å². The summed E-state index contributed by atoms with van der Waals surface area (Å²) in [6.07, 6.45) is 1.60. The number of ether oxygens (including phenoxy) is 1. The van der Waals surface area contributed by atoms with Gasteiger partial charge in [-0.3, -0.25) is 4.79 Å². The topological polar surface area (TPSA) is 84.5 Å². The largest absolute Gasteiger partial charge is 0.377 e. The number of hydrogen-bond acceptors (Lipinski definition) is 4. The summed E-state index contributed by atoms with van der Waals surface area (Å²) in [7, 11) is -3.86. The zero-order chi connectivity index (χ0) is 21.8. The predicted octanol–water partition coefficient (Wildman–Crippen LogP) is 3.50. The molecule has 1 atom stereocenters. The molecule has 1 fully saturated rings. The summed E-state index contributed by atoms with van der Waals surface area (Å²) < 4.78 is 33.4. The van der Waals surface area contributed by atoms with E-state index in [0.29, 0.717) is 13.2 Å². The lowest BCUT2D eigenvalue weighted by molar-refractivity contribution is 0.0945. The van der Waals surface area contributed by atoms with Crippen LogP contribution < -0.4 is 10.0 Å². The first kappa shape index (κ1) is 22.7. The van der Waals surface area contributed by atoms with Crippen LogP contribution in [0.3, 0.4) is 0 Å². The number of sulfonamides is 1. The summed E-state index contributed by atoms with van der Waals surface area (Å²) in [4.78, 5) is 12.6. The lowest BCUT2D eigenvalue weighted by Crippen LogP contribution is -2.37. The number of nitrogens with one attached hydrogen (secondary N) is 2. The summed E-state index contributed by atoms with van der Waals surface area (Å²) in [5.41, 5.74) is 1.06. The van der Waals surface area contributed by atoms with Gasteiger partial charge in [0, 0.05) is 30.7 Å². The third-order valence-corrected chi connectivity index (χ3v) is 7.16. The molecule has 2 aromatic rings. The van der Waals surface area contributed by atoms with Gasteiger partial charge in [-0.1, -0.05) is 55.8 Å². The molecule has 0 saturated carbocycles. The van der Waals surface area contributed by atoms with Gasteiger partial charge in [-0.25, -0.2) is 13.1 Å². The SMILES string of the molecule is CC(C)(CNC(=O)c1ccc(Cl)c(S(=O)(=O)NCC2CCCO2)c1)c1ccccc1. The lowest BCUT2D eigenvalue weighted by atomic mass is 9.84. The molecule has 0 radical (unpaired) electrons. The van der Waals surface area contributed by atoms with E-state index in [1.807, 2.05) is 44.2 Å². The molecule has 6 nitrogen and oxygen atoms in total. The zero-order valence-electron chi connectivity index (χ0n) is 17.2. The van der Waals surface area contributed by atoms with Crippen molar-refractivity contribution in [1.29, 1.82) is 0 Å². The Labute approximate surface area is 183 Å². The minimum atomic E-state index is -3.86. The van der Waals surface area contributed by atoms with Gasteiger partial charge in [0.15, 0.2) is 0 Å². The van der Waals surface area contributed by atoms with Crippen LogP contribution >= 0.6 is 11.6 Å². The van der Waals surface area contributed by atoms with E-state index >= 15 is 0 Å². The summed E-state index contributed by atoms with van der Waals surface area (Å²) in [6.45, 7) is 5.30. The minimum absolute atomic E-state index is 0.0657. The maximum Gasteiger partial charge on any atom is 0.251 e. The van der Waals surface area contributed by atoms with Crippen molar-refractivity contribution in [3.05, 3.63) is 64.7 Å². The highest BCUT2D eigenvalue weighted by Crippen LogP contribution is 2.24. The predicted molar refractivity (Wildman–Crippen MR) is 117 cm³/mol. The van der Waals surface area contributed by atoms with E-state index in [1.165, 1.54) is 18.2 Å². The molecule has 1 heterocycles. The first-order valence-corrected chi connectivity index (χ1v) is 11.8. The first-order valence-electron chi connectivity index (χ1n) is 9.93. The summed E-state index contributed by atoms with van der Waals surface area (Å²) in [6, 6.07) is 14.1. The van der Waals surface area contributed by atoms with Crippen molar-refractivity contribution >= 4 is 27.5 Å². The molecular formula is C22H27ClN2O4S. The van der Waals surface area contributed by atoms with Gasteiger partial charge in [0.2, 0.25) is 10.0 Å². The number of rotatable bonds is 8. The molecule has 1 unspecified atom stereocenters. The Morgan fingerprint density at radius 3 is 2.60 bits per heavy atom. The van der Waals surface area contributed by atoms with E-state index in [9.17, 15) is 13.2 Å². The van der Waals surface area contributed by atoms with Gasteiger partial charge in [0.25, 0.3) is 5.91 Å². The molecule has 0 spiro atoms. The number of amides is 1. The van der Waals surface area contributed by atoms with E-state index < -0.39 is 10.0 Å². The zero-order valence-corrected chi connectivity index (χ0v) is 18.7. The quantitative estimate of drug-likeness (QED) is 0.644. The highest BCUT2D eigenvalue weighted by molar-refractivity contribution is 7.89. The van der Waals surface area contributed by atoms with Crippen molar-refractivity contribution < 1.29 is 17.9 Å². The Balaban J connectivity index is 1.69. The van der Waals surface area contributed by atoms with Crippen LogP contribution in [-0.4, -0.2) is 40.1 Å². The van der Waals surface area contributed by atoms with Gasteiger partial charge in [0.1, 0.15) is 4.90 Å². The molecule has 162 valence electrons. The standard InChI is InChI=1S/C22H27ClN2O4S/c1-22(2,17-7-4-3-5-8-17)15-24-21(26)16-10-11-19(23)20(13-16)30(27,28)25-14-18-9-6-12-29-18/h3-5,7-8,10-11,13,18,25H,6,9,12,14-15H2,1-2H3,(H,24,26). The van der Waals surface area contributed by atoms with Crippen LogP contribution in [0.25, 0.3) is 0 Å². The molecule has 1 aliphatic rings. The van der Waals surface area contributed by atoms with Crippen LogP contribution in [0.4, 0.5) is 0 Å². The normalized spacial score (nSPS) is 17.1. The minimum Gasteiger partial charge on any atom is -0.377 e. The maximum absolute atomic E-state index is 12.7. The van der Waals surface area contributed by atoms with Crippen molar-refractivity contribution in [2.45, 2.75) is 43.1 Å². The Hall–Kier alpha value is -1.93. The van der Waals surface area contributed by atoms with Gasteiger partial charge in [-0.2, -0.15) is 0 Å². The van der Waals surface area contributed by atoms with E-state index in [0.717, 1.165) is 18.4 Å². The molecule has 30 heavy (non-hydrogen) atoms. The third-order valence-electron chi connectivity index (χ3n) is 5.25. The number of carbonyl (C=O) groups excluding carboxylic acids is 1. The Kier molecular flexibility index (Phi) is 7.18. The first-order chi connectivity index (χ1) is 14.2. The van der Waals surface area contributed by atoms with Gasteiger partial charge in [-0.05, 0) is 36.6 Å². The number of hydrogen-bond donors (Lipinski definition) is 2. The average Bonchev–Trinajstić information content (AvgIpc) is 3.25. The van der Waals surface area contributed by atoms with E-state index in [4.69, 9.17) is 16.3 Å². The number of halogens is 1. The fraction of sp³-hybridized carbons (Fsp3) is 0.409. The van der Waals surface area contributed by atoms with Gasteiger partial charge in [0.05, 0.1) is 11.1 Å². The monoisotopic (exact) mass is 450 g/mol. The highest BCUT2D eigenvalue weighted by atomic mass is 35.5.